The van der Waals surface area contributed by atoms with Crippen molar-refractivity contribution in [1.82, 2.24) is 14.8 Å². The molecule has 15 heavy (non-hydrogen) atoms. The summed E-state index contributed by atoms with van der Waals surface area (Å²) in [6.45, 7) is 6.29. The van der Waals surface area contributed by atoms with Crippen LogP contribution >= 0.6 is 0 Å². The lowest BCUT2D eigenvalue weighted by atomic mass is 10.1. The molecule has 2 rings (SSSR count). The van der Waals surface area contributed by atoms with Gasteiger partial charge in [0, 0.05) is 12.4 Å². The van der Waals surface area contributed by atoms with Crippen LogP contribution in [0.4, 0.5) is 0 Å². The predicted octanol–water partition coefficient (Wildman–Crippen LogP) is 2.70. The van der Waals surface area contributed by atoms with E-state index in [0.717, 1.165) is 11.5 Å². The van der Waals surface area contributed by atoms with Crippen molar-refractivity contribution in [3.8, 4) is 5.82 Å². The van der Waals surface area contributed by atoms with Crippen LogP contribution in [0, 0.1) is 6.92 Å². The average molecular weight is 201 g/mol. The molecule has 0 aliphatic heterocycles. The van der Waals surface area contributed by atoms with Crippen molar-refractivity contribution < 1.29 is 0 Å². The van der Waals surface area contributed by atoms with Gasteiger partial charge >= 0.3 is 0 Å². The first-order chi connectivity index (χ1) is 7.16. The van der Waals surface area contributed by atoms with E-state index in [1.807, 2.05) is 31.5 Å². The maximum Gasteiger partial charge on any atom is 0.153 e. The van der Waals surface area contributed by atoms with Crippen molar-refractivity contribution in [2.45, 2.75) is 26.7 Å². The van der Waals surface area contributed by atoms with Gasteiger partial charge in [-0.1, -0.05) is 19.9 Å². The zero-order chi connectivity index (χ0) is 10.8. The van der Waals surface area contributed by atoms with E-state index in [1.54, 1.807) is 4.68 Å². The average Bonchev–Trinajstić information content (AvgIpc) is 2.65. The monoisotopic (exact) mass is 201 g/mol. The largest absolute Gasteiger partial charge is 0.237 e. The van der Waals surface area contributed by atoms with Gasteiger partial charge in [-0.2, -0.15) is 5.10 Å². The molecule has 0 bridgehead atoms. The summed E-state index contributed by atoms with van der Waals surface area (Å²) in [5.41, 5.74) is 2.26. The Morgan fingerprint density at radius 1 is 1.20 bits per heavy atom. The number of rotatable bonds is 2. The van der Waals surface area contributed by atoms with E-state index in [1.165, 1.54) is 5.56 Å². The number of aromatic nitrogens is 3. The van der Waals surface area contributed by atoms with Gasteiger partial charge in [0.05, 0.1) is 5.69 Å². The molecule has 0 fully saturated rings. The summed E-state index contributed by atoms with van der Waals surface area (Å²) >= 11 is 0. The quantitative estimate of drug-likeness (QED) is 0.748. The van der Waals surface area contributed by atoms with Gasteiger partial charge in [0.2, 0.25) is 0 Å². The van der Waals surface area contributed by atoms with Crippen molar-refractivity contribution >= 4 is 0 Å². The first kappa shape index (κ1) is 9.90. The molecule has 2 aromatic heterocycles. The van der Waals surface area contributed by atoms with E-state index in [2.05, 4.69) is 30.0 Å². The summed E-state index contributed by atoms with van der Waals surface area (Å²) in [5.74, 6) is 1.39. The fourth-order valence-electron chi connectivity index (χ4n) is 1.42. The third kappa shape index (κ3) is 2.06. The van der Waals surface area contributed by atoms with Crippen LogP contribution < -0.4 is 0 Å². The Morgan fingerprint density at radius 2 is 2.00 bits per heavy atom. The van der Waals surface area contributed by atoms with E-state index in [0.29, 0.717) is 5.92 Å². The topological polar surface area (TPSA) is 30.7 Å². The fraction of sp³-hybridized carbons (Fsp3) is 0.333. The molecule has 0 saturated heterocycles. The maximum absolute atomic E-state index is 4.38. The maximum atomic E-state index is 4.38. The highest BCUT2D eigenvalue weighted by molar-refractivity contribution is 5.26. The number of pyridine rings is 1. The summed E-state index contributed by atoms with van der Waals surface area (Å²) in [7, 11) is 0. The van der Waals surface area contributed by atoms with E-state index in [9.17, 15) is 0 Å². The highest BCUT2D eigenvalue weighted by atomic mass is 15.3. The molecular weight excluding hydrogens is 186 g/mol. The zero-order valence-electron chi connectivity index (χ0n) is 9.31. The molecule has 78 valence electrons. The van der Waals surface area contributed by atoms with Gasteiger partial charge in [-0.25, -0.2) is 9.67 Å². The van der Waals surface area contributed by atoms with E-state index < -0.39 is 0 Å². The van der Waals surface area contributed by atoms with Gasteiger partial charge in [-0.15, -0.1) is 0 Å². The standard InChI is InChI=1S/C12H15N3/c1-9(2)11-4-5-12(13-8-11)15-7-6-10(3)14-15/h4-9H,1-3H3. The Bertz CT molecular complexity index is 440. The lowest BCUT2D eigenvalue weighted by Gasteiger charge is -2.05. The van der Waals surface area contributed by atoms with Crippen molar-refractivity contribution in [2.24, 2.45) is 0 Å². The van der Waals surface area contributed by atoms with Gasteiger partial charge in [-0.05, 0) is 30.5 Å². The Morgan fingerprint density at radius 3 is 2.47 bits per heavy atom. The molecule has 3 heteroatoms. The molecule has 0 unspecified atom stereocenters. The second-order valence-electron chi connectivity index (χ2n) is 4.01. The smallest absolute Gasteiger partial charge is 0.153 e. The van der Waals surface area contributed by atoms with Crippen LogP contribution in [0.15, 0.2) is 30.6 Å². The Kier molecular flexibility index (Phi) is 2.54. The molecule has 3 nitrogen and oxygen atoms in total. The molecule has 2 heterocycles. The molecule has 0 radical (unpaired) electrons. The molecule has 0 atom stereocenters. The minimum Gasteiger partial charge on any atom is -0.237 e. The van der Waals surface area contributed by atoms with E-state index in [4.69, 9.17) is 0 Å². The molecule has 0 aromatic carbocycles. The SMILES string of the molecule is Cc1ccn(-c2ccc(C(C)C)cn2)n1. The zero-order valence-corrected chi connectivity index (χ0v) is 9.31. The minimum absolute atomic E-state index is 0.519. The number of hydrogen-bond donors (Lipinski definition) is 0. The summed E-state index contributed by atoms with van der Waals surface area (Å²) in [6.07, 6.45) is 3.84. The Hall–Kier alpha value is -1.64. The second-order valence-corrected chi connectivity index (χ2v) is 4.01. The van der Waals surface area contributed by atoms with Crippen LogP contribution in [-0.4, -0.2) is 14.8 Å². The molecule has 0 N–H and O–H groups in total. The summed E-state index contributed by atoms with van der Waals surface area (Å²) in [5, 5.41) is 4.31. The summed E-state index contributed by atoms with van der Waals surface area (Å²) in [4.78, 5) is 4.38. The first-order valence-electron chi connectivity index (χ1n) is 5.15. The van der Waals surface area contributed by atoms with E-state index in [-0.39, 0.29) is 0 Å². The second kappa shape index (κ2) is 3.85. The van der Waals surface area contributed by atoms with Crippen LogP contribution in [0.3, 0.4) is 0 Å². The highest BCUT2D eigenvalue weighted by Crippen LogP contribution is 2.14. The van der Waals surface area contributed by atoms with Crippen LogP contribution in [0.25, 0.3) is 5.82 Å². The summed E-state index contributed by atoms with van der Waals surface area (Å²) < 4.78 is 1.79. The van der Waals surface area contributed by atoms with Crippen molar-refractivity contribution in [2.75, 3.05) is 0 Å². The normalized spacial score (nSPS) is 10.9. The number of nitrogens with zero attached hydrogens (tertiary/aromatic N) is 3. The van der Waals surface area contributed by atoms with Crippen LogP contribution in [0.1, 0.15) is 31.0 Å². The molecule has 0 aliphatic carbocycles. The van der Waals surface area contributed by atoms with Crippen molar-refractivity contribution in [1.29, 1.82) is 0 Å². The molecule has 0 aliphatic rings. The highest BCUT2D eigenvalue weighted by Gasteiger charge is 2.02. The van der Waals surface area contributed by atoms with E-state index >= 15 is 0 Å². The predicted molar refractivity (Wildman–Crippen MR) is 60.2 cm³/mol. The minimum atomic E-state index is 0.519. The van der Waals surface area contributed by atoms with Gasteiger partial charge in [0.25, 0.3) is 0 Å². The van der Waals surface area contributed by atoms with Crippen LogP contribution in [0.2, 0.25) is 0 Å². The Balaban J connectivity index is 2.31. The fourth-order valence-corrected chi connectivity index (χ4v) is 1.42. The Labute approximate surface area is 89.8 Å². The molecule has 2 aromatic rings. The summed E-state index contributed by atoms with van der Waals surface area (Å²) in [6, 6.07) is 6.07. The van der Waals surface area contributed by atoms with Gasteiger partial charge in [-0.3, -0.25) is 0 Å². The van der Waals surface area contributed by atoms with Crippen molar-refractivity contribution in [3.05, 3.63) is 41.9 Å². The van der Waals surface area contributed by atoms with Crippen LogP contribution in [0.5, 0.6) is 0 Å². The number of aryl methyl sites for hydroxylation is 1. The lowest BCUT2D eigenvalue weighted by Crippen LogP contribution is -1.99. The molecule has 0 spiro atoms. The van der Waals surface area contributed by atoms with Gasteiger partial charge < -0.3 is 0 Å². The first-order valence-corrected chi connectivity index (χ1v) is 5.15. The number of hydrogen-bond acceptors (Lipinski definition) is 2. The molecule has 0 saturated carbocycles. The molecule has 0 amide bonds. The van der Waals surface area contributed by atoms with Gasteiger partial charge in [0.15, 0.2) is 5.82 Å². The molecular formula is C12H15N3. The lowest BCUT2D eigenvalue weighted by molar-refractivity contribution is 0.814. The van der Waals surface area contributed by atoms with Gasteiger partial charge in [0.1, 0.15) is 0 Å². The van der Waals surface area contributed by atoms with Crippen molar-refractivity contribution in [3.63, 3.8) is 0 Å². The third-order valence-corrected chi connectivity index (χ3v) is 2.39. The third-order valence-electron chi connectivity index (χ3n) is 2.39. The van der Waals surface area contributed by atoms with Crippen LogP contribution in [-0.2, 0) is 0 Å².